The van der Waals surface area contributed by atoms with Crippen LogP contribution < -0.4 is 10.2 Å². The second-order valence-electron chi connectivity index (χ2n) is 4.92. The average Bonchev–Trinajstić information content (AvgIpc) is 2.29. The predicted octanol–water partition coefficient (Wildman–Crippen LogP) is 2.96. The van der Waals surface area contributed by atoms with Gasteiger partial charge in [0.25, 0.3) is 0 Å². The standard InChI is InChI=1S/C13H19ClN2O/c1-13(2,9-14)12(17)15-10-6-5-7-11(8-10)16(3)4/h5-8H,9H2,1-4H3,(H,15,17). The topological polar surface area (TPSA) is 32.3 Å². The summed E-state index contributed by atoms with van der Waals surface area (Å²) >= 11 is 5.77. The molecule has 1 rings (SSSR count). The molecule has 94 valence electrons. The van der Waals surface area contributed by atoms with Crippen LogP contribution in [0.3, 0.4) is 0 Å². The fraction of sp³-hybridized carbons (Fsp3) is 0.462. The minimum absolute atomic E-state index is 0.0663. The van der Waals surface area contributed by atoms with E-state index in [0.29, 0.717) is 5.88 Å². The molecule has 0 atom stereocenters. The Balaban J connectivity index is 2.82. The van der Waals surface area contributed by atoms with E-state index in [0.717, 1.165) is 11.4 Å². The Morgan fingerprint density at radius 2 is 2.06 bits per heavy atom. The lowest BCUT2D eigenvalue weighted by Crippen LogP contribution is -2.32. The maximum absolute atomic E-state index is 11.9. The monoisotopic (exact) mass is 254 g/mol. The van der Waals surface area contributed by atoms with Crippen LogP contribution in [0.25, 0.3) is 0 Å². The van der Waals surface area contributed by atoms with Crippen LogP contribution in [0.15, 0.2) is 24.3 Å². The van der Waals surface area contributed by atoms with Gasteiger partial charge in [-0.05, 0) is 32.0 Å². The highest BCUT2D eigenvalue weighted by Crippen LogP contribution is 2.22. The van der Waals surface area contributed by atoms with Gasteiger partial charge in [-0.25, -0.2) is 0 Å². The van der Waals surface area contributed by atoms with Crippen molar-refractivity contribution < 1.29 is 4.79 Å². The van der Waals surface area contributed by atoms with E-state index in [4.69, 9.17) is 11.6 Å². The number of carbonyl (C=O) groups is 1. The van der Waals surface area contributed by atoms with Crippen molar-refractivity contribution in [3.8, 4) is 0 Å². The number of carbonyl (C=O) groups excluding carboxylic acids is 1. The number of rotatable bonds is 4. The number of alkyl halides is 1. The van der Waals surface area contributed by atoms with E-state index in [1.54, 1.807) is 0 Å². The van der Waals surface area contributed by atoms with Gasteiger partial charge in [-0.3, -0.25) is 4.79 Å². The summed E-state index contributed by atoms with van der Waals surface area (Å²) in [4.78, 5) is 13.9. The Morgan fingerprint density at radius 3 is 2.59 bits per heavy atom. The van der Waals surface area contributed by atoms with Crippen molar-refractivity contribution in [2.75, 3.05) is 30.2 Å². The van der Waals surface area contributed by atoms with Gasteiger partial charge in [-0.15, -0.1) is 11.6 Å². The molecule has 0 fully saturated rings. The first-order chi connectivity index (χ1) is 7.86. The third kappa shape index (κ3) is 3.63. The Morgan fingerprint density at radius 1 is 1.41 bits per heavy atom. The van der Waals surface area contributed by atoms with Gasteiger partial charge in [0, 0.05) is 31.4 Å². The summed E-state index contributed by atoms with van der Waals surface area (Å²) in [6.07, 6.45) is 0. The van der Waals surface area contributed by atoms with Crippen LogP contribution >= 0.6 is 11.6 Å². The van der Waals surface area contributed by atoms with E-state index in [1.165, 1.54) is 0 Å². The minimum atomic E-state index is -0.560. The molecule has 0 bridgehead atoms. The van der Waals surface area contributed by atoms with Crippen molar-refractivity contribution in [1.29, 1.82) is 0 Å². The quantitative estimate of drug-likeness (QED) is 0.838. The Bertz CT molecular complexity index is 402. The van der Waals surface area contributed by atoms with Gasteiger partial charge in [0.15, 0.2) is 0 Å². The number of nitrogens with one attached hydrogen (secondary N) is 1. The molecule has 1 aromatic carbocycles. The molecular formula is C13H19ClN2O. The van der Waals surface area contributed by atoms with Crippen molar-refractivity contribution >= 4 is 28.9 Å². The molecule has 0 saturated carbocycles. The van der Waals surface area contributed by atoms with Gasteiger partial charge in [0.2, 0.25) is 5.91 Å². The van der Waals surface area contributed by atoms with E-state index < -0.39 is 5.41 Å². The van der Waals surface area contributed by atoms with Crippen LogP contribution in [0.4, 0.5) is 11.4 Å². The zero-order valence-electron chi connectivity index (χ0n) is 10.7. The second-order valence-corrected chi connectivity index (χ2v) is 5.18. The lowest BCUT2D eigenvalue weighted by atomic mass is 9.95. The highest BCUT2D eigenvalue weighted by atomic mass is 35.5. The molecule has 0 aliphatic carbocycles. The first-order valence-corrected chi connectivity index (χ1v) is 6.05. The van der Waals surface area contributed by atoms with Gasteiger partial charge in [0.1, 0.15) is 0 Å². The molecule has 1 amide bonds. The first kappa shape index (κ1) is 13.8. The van der Waals surface area contributed by atoms with Crippen LogP contribution in [-0.2, 0) is 4.79 Å². The summed E-state index contributed by atoms with van der Waals surface area (Å²) in [6.45, 7) is 3.65. The summed E-state index contributed by atoms with van der Waals surface area (Å²) in [5.74, 6) is 0.232. The lowest BCUT2D eigenvalue weighted by molar-refractivity contribution is -0.122. The number of halogens is 1. The fourth-order valence-corrected chi connectivity index (χ4v) is 1.34. The molecule has 1 N–H and O–H groups in total. The predicted molar refractivity (Wildman–Crippen MR) is 73.9 cm³/mol. The van der Waals surface area contributed by atoms with Gasteiger partial charge in [-0.2, -0.15) is 0 Å². The summed E-state index contributed by atoms with van der Waals surface area (Å²) in [5.41, 5.74) is 1.28. The number of hydrogen-bond acceptors (Lipinski definition) is 2. The normalized spacial score (nSPS) is 11.1. The summed E-state index contributed by atoms with van der Waals surface area (Å²) in [7, 11) is 3.92. The zero-order valence-corrected chi connectivity index (χ0v) is 11.5. The van der Waals surface area contributed by atoms with Crippen LogP contribution in [0.2, 0.25) is 0 Å². The van der Waals surface area contributed by atoms with Crippen LogP contribution in [0, 0.1) is 5.41 Å². The van der Waals surface area contributed by atoms with Gasteiger partial charge in [0.05, 0.1) is 5.41 Å². The molecule has 0 unspecified atom stereocenters. The van der Waals surface area contributed by atoms with Gasteiger partial charge in [-0.1, -0.05) is 6.07 Å². The van der Waals surface area contributed by atoms with E-state index >= 15 is 0 Å². The molecule has 0 radical (unpaired) electrons. The molecular weight excluding hydrogens is 236 g/mol. The third-order valence-corrected chi connectivity index (χ3v) is 3.24. The van der Waals surface area contributed by atoms with Crippen molar-refractivity contribution in [3.63, 3.8) is 0 Å². The fourth-order valence-electron chi connectivity index (χ4n) is 1.22. The van der Waals surface area contributed by atoms with Crippen molar-refractivity contribution in [2.45, 2.75) is 13.8 Å². The number of amides is 1. The molecule has 17 heavy (non-hydrogen) atoms. The number of anilines is 2. The second kappa shape index (κ2) is 5.41. The van der Waals surface area contributed by atoms with Crippen LogP contribution in [0.1, 0.15) is 13.8 Å². The van der Waals surface area contributed by atoms with Crippen molar-refractivity contribution in [2.24, 2.45) is 5.41 Å². The van der Waals surface area contributed by atoms with Crippen LogP contribution in [0.5, 0.6) is 0 Å². The average molecular weight is 255 g/mol. The molecule has 3 nitrogen and oxygen atoms in total. The molecule has 0 spiro atoms. The lowest BCUT2D eigenvalue weighted by Gasteiger charge is -2.21. The molecule has 4 heteroatoms. The number of hydrogen-bond donors (Lipinski definition) is 1. The zero-order chi connectivity index (χ0) is 13.1. The van der Waals surface area contributed by atoms with Gasteiger partial charge < -0.3 is 10.2 Å². The number of nitrogens with zero attached hydrogens (tertiary/aromatic N) is 1. The van der Waals surface area contributed by atoms with Gasteiger partial charge >= 0.3 is 0 Å². The maximum Gasteiger partial charge on any atom is 0.231 e. The maximum atomic E-state index is 11.9. The van der Waals surface area contributed by atoms with Crippen molar-refractivity contribution in [3.05, 3.63) is 24.3 Å². The Kier molecular flexibility index (Phi) is 4.40. The van der Waals surface area contributed by atoms with E-state index in [1.807, 2.05) is 57.1 Å². The summed E-state index contributed by atoms with van der Waals surface area (Å²) < 4.78 is 0. The molecule has 0 saturated heterocycles. The number of benzene rings is 1. The largest absolute Gasteiger partial charge is 0.378 e. The van der Waals surface area contributed by atoms with E-state index in [-0.39, 0.29) is 5.91 Å². The third-order valence-electron chi connectivity index (χ3n) is 2.57. The Labute approximate surface area is 108 Å². The molecule has 0 aliphatic rings. The summed E-state index contributed by atoms with van der Waals surface area (Å²) in [6, 6.07) is 7.71. The highest BCUT2D eigenvalue weighted by molar-refractivity contribution is 6.20. The highest BCUT2D eigenvalue weighted by Gasteiger charge is 2.26. The molecule has 0 heterocycles. The SMILES string of the molecule is CN(C)c1cccc(NC(=O)C(C)(C)CCl)c1. The minimum Gasteiger partial charge on any atom is -0.378 e. The Hall–Kier alpha value is -1.22. The van der Waals surface area contributed by atoms with Crippen LogP contribution in [-0.4, -0.2) is 25.9 Å². The molecule has 0 aromatic heterocycles. The van der Waals surface area contributed by atoms with E-state index in [9.17, 15) is 4.79 Å². The van der Waals surface area contributed by atoms with Crippen molar-refractivity contribution in [1.82, 2.24) is 0 Å². The molecule has 1 aromatic rings. The molecule has 0 aliphatic heterocycles. The van der Waals surface area contributed by atoms with E-state index in [2.05, 4.69) is 5.32 Å². The first-order valence-electron chi connectivity index (χ1n) is 5.51. The summed E-state index contributed by atoms with van der Waals surface area (Å²) in [5, 5.41) is 2.88. The smallest absolute Gasteiger partial charge is 0.231 e.